The Labute approximate surface area is 212 Å². The topological polar surface area (TPSA) is 144 Å². The number of thioether (sulfide) groups is 1. The monoisotopic (exact) mass is 520 g/mol. The second kappa shape index (κ2) is 14.1. The van der Waals surface area contributed by atoms with Crippen molar-refractivity contribution in [2.24, 2.45) is 0 Å². The average Bonchev–Trinajstić information content (AvgIpc) is 2.82. The van der Waals surface area contributed by atoms with E-state index >= 15 is 0 Å². The highest BCUT2D eigenvalue weighted by molar-refractivity contribution is 8.13. The first kappa shape index (κ1) is 28.7. The van der Waals surface area contributed by atoms with Crippen molar-refractivity contribution in [3.63, 3.8) is 0 Å². The van der Waals surface area contributed by atoms with Gasteiger partial charge in [0.05, 0.1) is 18.7 Å². The van der Waals surface area contributed by atoms with Gasteiger partial charge in [-0.1, -0.05) is 30.8 Å². The number of allylic oxidation sites excluding steroid dienone is 2. The number of nitrogens with one attached hydrogen (secondary N) is 3. The molecule has 1 aliphatic rings. The minimum absolute atomic E-state index is 0.0220. The van der Waals surface area contributed by atoms with Gasteiger partial charge >= 0.3 is 5.97 Å². The summed E-state index contributed by atoms with van der Waals surface area (Å²) in [6, 6.07) is 0.926. The van der Waals surface area contributed by atoms with Crippen molar-refractivity contribution in [3.8, 4) is 0 Å². The molecule has 2 atom stereocenters. The van der Waals surface area contributed by atoms with Crippen molar-refractivity contribution < 1.29 is 33.1 Å². The number of rotatable bonds is 5. The Hall–Kier alpha value is -3.54. The molecule has 0 radical (unpaired) electrons. The molecule has 0 fully saturated rings. The highest BCUT2D eigenvalue weighted by Gasteiger charge is 2.26. The molecule has 1 aromatic rings. The highest BCUT2D eigenvalue weighted by atomic mass is 32.2. The van der Waals surface area contributed by atoms with Crippen LogP contribution in [0.2, 0.25) is 0 Å². The summed E-state index contributed by atoms with van der Waals surface area (Å²) in [6.07, 6.45) is 4.08. The van der Waals surface area contributed by atoms with Crippen molar-refractivity contribution in [1.82, 2.24) is 20.9 Å². The van der Waals surface area contributed by atoms with Gasteiger partial charge in [-0.25, -0.2) is 14.2 Å². The van der Waals surface area contributed by atoms with Crippen LogP contribution in [-0.4, -0.2) is 51.7 Å². The Bertz CT molecular complexity index is 1070. The Morgan fingerprint density at radius 3 is 2.67 bits per heavy atom. The fourth-order valence-electron chi connectivity index (χ4n) is 3.11. The predicted octanol–water partition coefficient (Wildman–Crippen LogP) is 1.91. The van der Waals surface area contributed by atoms with Crippen LogP contribution in [0.15, 0.2) is 36.1 Å². The van der Waals surface area contributed by atoms with Gasteiger partial charge in [0.1, 0.15) is 29.4 Å². The number of carbonyl (C=O) groups excluding carboxylic acids is 5. The van der Waals surface area contributed by atoms with Gasteiger partial charge in [-0.2, -0.15) is 0 Å². The molecule has 0 unspecified atom stereocenters. The quantitative estimate of drug-likeness (QED) is 0.231. The number of aromatic nitrogens is 1. The number of hydrogen-bond donors (Lipinski definition) is 3. The molecule has 0 saturated heterocycles. The van der Waals surface area contributed by atoms with Gasteiger partial charge in [-0.3, -0.25) is 19.2 Å². The maximum absolute atomic E-state index is 14.1. The van der Waals surface area contributed by atoms with E-state index in [-0.39, 0.29) is 41.6 Å². The first-order valence-electron chi connectivity index (χ1n) is 11.3. The molecule has 194 valence electrons. The number of nitrogens with zero attached hydrogens (tertiary/aromatic N) is 1. The predicted molar refractivity (Wildman–Crippen MR) is 131 cm³/mol. The number of fused-ring (bicyclic) bond motifs is 2. The zero-order valence-electron chi connectivity index (χ0n) is 20.3. The van der Waals surface area contributed by atoms with Crippen LogP contribution in [0.1, 0.15) is 56.2 Å². The SMILES string of the molecule is C/C=C1\NC(=O)c2cc(F)cc(n2)CNC(=O)C[C@@H](/C=C/CCSC(C)=O)OC(=O)[C@H](CC)NC1=O. The number of pyridine rings is 1. The molecule has 2 rings (SSSR count). The summed E-state index contributed by atoms with van der Waals surface area (Å²) in [5.74, 6) is -3.05. The van der Waals surface area contributed by atoms with E-state index in [2.05, 4.69) is 20.9 Å². The first-order valence-corrected chi connectivity index (χ1v) is 12.3. The molecule has 1 aliphatic heterocycles. The molecule has 12 heteroatoms. The number of hydrogen-bond acceptors (Lipinski definition) is 8. The lowest BCUT2D eigenvalue weighted by atomic mass is 10.1. The maximum atomic E-state index is 14.1. The second-order valence-corrected chi connectivity index (χ2v) is 9.04. The summed E-state index contributed by atoms with van der Waals surface area (Å²) in [6.45, 7) is 4.46. The van der Waals surface area contributed by atoms with Crippen molar-refractivity contribution in [3.05, 3.63) is 53.3 Å². The molecular weight excluding hydrogens is 491 g/mol. The molecule has 2 heterocycles. The summed E-state index contributed by atoms with van der Waals surface area (Å²) in [7, 11) is 0. The van der Waals surface area contributed by atoms with E-state index in [1.165, 1.54) is 19.9 Å². The van der Waals surface area contributed by atoms with Crippen LogP contribution in [0.4, 0.5) is 4.39 Å². The minimum Gasteiger partial charge on any atom is -0.456 e. The van der Waals surface area contributed by atoms with Gasteiger partial charge < -0.3 is 20.7 Å². The molecule has 1 aromatic heterocycles. The summed E-state index contributed by atoms with van der Waals surface area (Å²) < 4.78 is 19.6. The van der Waals surface area contributed by atoms with Crippen LogP contribution in [0, 0.1) is 5.82 Å². The van der Waals surface area contributed by atoms with Gasteiger partial charge in [0, 0.05) is 18.7 Å². The van der Waals surface area contributed by atoms with Crippen molar-refractivity contribution in [2.75, 3.05) is 5.75 Å². The number of carbonyl (C=O) groups is 5. The fourth-order valence-corrected chi connectivity index (χ4v) is 3.65. The lowest BCUT2D eigenvalue weighted by Gasteiger charge is -2.21. The largest absolute Gasteiger partial charge is 0.456 e. The van der Waals surface area contributed by atoms with Gasteiger partial charge in [0.2, 0.25) is 5.91 Å². The molecule has 3 N–H and O–H groups in total. The number of esters is 1. The lowest BCUT2D eigenvalue weighted by molar-refractivity contribution is -0.151. The van der Waals surface area contributed by atoms with Crippen molar-refractivity contribution in [2.45, 2.75) is 58.7 Å². The third-order valence-corrected chi connectivity index (χ3v) is 5.76. The van der Waals surface area contributed by atoms with E-state index in [0.29, 0.717) is 12.2 Å². The molecular formula is C24H29FN4O6S. The zero-order valence-corrected chi connectivity index (χ0v) is 21.1. The molecule has 0 aliphatic carbocycles. The molecule has 0 spiro atoms. The van der Waals surface area contributed by atoms with Crippen molar-refractivity contribution in [1.29, 1.82) is 0 Å². The lowest BCUT2D eigenvalue weighted by Crippen LogP contribution is -2.46. The molecule has 0 aromatic carbocycles. The molecule has 36 heavy (non-hydrogen) atoms. The van der Waals surface area contributed by atoms with Crippen LogP contribution in [0.5, 0.6) is 0 Å². The van der Waals surface area contributed by atoms with E-state index in [9.17, 15) is 28.4 Å². The third kappa shape index (κ3) is 9.25. The van der Waals surface area contributed by atoms with Crippen molar-refractivity contribution >= 4 is 40.6 Å². The Morgan fingerprint density at radius 2 is 2.00 bits per heavy atom. The van der Waals surface area contributed by atoms with Gasteiger partial charge in [0.25, 0.3) is 11.8 Å². The van der Waals surface area contributed by atoms with Gasteiger partial charge in [-0.05, 0) is 31.9 Å². The average molecular weight is 521 g/mol. The number of halogens is 1. The van der Waals surface area contributed by atoms with E-state index < -0.39 is 41.7 Å². The number of amides is 3. The zero-order chi connectivity index (χ0) is 26.7. The van der Waals surface area contributed by atoms with E-state index in [4.69, 9.17) is 4.74 Å². The van der Waals surface area contributed by atoms with Gasteiger partial charge in [-0.15, -0.1) is 0 Å². The van der Waals surface area contributed by atoms with Crippen LogP contribution in [0.25, 0.3) is 0 Å². The van der Waals surface area contributed by atoms with Crippen LogP contribution in [-0.2, 0) is 30.5 Å². The second-order valence-electron chi connectivity index (χ2n) is 7.77. The van der Waals surface area contributed by atoms with Crippen LogP contribution in [0.3, 0.4) is 0 Å². The molecule has 0 saturated carbocycles. The van der Waals surface area contributed by atoms with Gasteiger partial charge in [0.15, 0.2) is 5.12 Å². The summed E-state index contributed by atoms with van der Waals surface area (Å²) in [5, 5.41) is 7.42. The van der Waals surface area contributed by atoms with Crippen LogP contribution >= 0.6 is 11.8 Å². The maximum Gasteiger partial charge on any atom is 0.329 e. The summed E-state index contributed by atoms with van der Waals surface area (Å²) >= 11 is 1.15. The van der Waals surface area contributed by atoms with E-state index in [1.807, 2.05) is 0 Å². The Balaban J connectivity index is 2.33. The molecule has 10 nitrogen and oxygen atoms in total. The normalized spacial score (nSPS) is 21.1. The fraction of sp³-hybridized carbons (Fsp3) is 0.417. The number of ether oxygens (including phenoxy) is 1. The number of cyclic esters (lactones) is 1. The Kier molecular flexibility index (Phi) is 11.3. The molecule has 3 amide bonds. The van der Waals surface area contributed by atoms with Crippen LogP contribution < -0.4 is 16.0 Å². The Morgan fingerprint density at radius 1 is 1.25 bits per heavy atom. The smallest absolute Gasteiger partial charge is 0.329 e. The molecule has 2 bridgehead atoms. The summed E-state index contributed by atoms with van der Waals surface area (Å²) in [4.78, 5) is 65.8. The third-order valence-electron chi connectivity index (χ3n) is 4.92. The van der Waals surface area contributed by atoms with E-state index in [0.717, 1.165) is 23.9 Å². The highest BCUT2D eigenvalue weighted by Crippen LogP contribution is 2.11. The summed E-state index contributed by atoms with van der Waals surface area (Å²) in [5.41, 5.74) is -0.351. The van der Waals surface area contributed by atoms with E-state index in [1.54, 1.807) is 19.1 Å². The first-order chi connectivity index (χ1) is 17.1. The minimum atomic E-state index is -1.05. The standard InChI is InChI=1S/C24H29FN4O6S/c1-4-18-22(32)29-19(5-2)24(34)35-17(8-6-7-9-36-14(3)30)12-21(31)26-13-16-10-15(25)11-20(27-16)23(33)28-18/h4,6,8,10-11,17,19H,5,7,9,12-13H2,1-3H3,(H,26,31)(H,28,33)(H,29,32)/b8-6+,18-4-/t17-,19+/m1/s1.